The highest BCUT2D eigenvalue weighted by Gasteiger charge is 2.32. The van der Waals surface area contributed by atoms with Gasteiger partial charge in [-0.3, -0.25) is 10.2 Å². The van der Waals surface area contributed by atoms with Crippen LogP contribution in [-0.2, 0) is 16.1 Å². The molecule has 0 spiro atoms. The summed E-state index contributed by atoms with van der Waals surface area (Å²) in [6.45, 7) is 1.57. The number of amides is 1. The summed E-state index contributed by atoms with van der Waals surface area (Å²) in [6.07, 6.45) is 1.32. The van der Waals surface area contributed by atoms with Gasteiger partial charge in [0.15, 0.2) is 11.9 Å². The lowest BCUT2D eigenvalue weighted by molar-refractivity contribution is -0.139. The molecule has 3 rings (SSSR count). The molecule has 7 nitrogen and oxygen atoms in total. The summed E-state index contributed by atoms with van der Waals surface area (Å²) in [7, 11) is 0. The third-order valence-electron chi connectivity index (χ3n) is 4.55. The number of benzene rings is 2. The van der Waals surface area contributed by atoms with Crippen LogP contribution in [0.5, 0.6) is 0 Å². The number of hydrogen-bond donors (Lipinski definition) is 2. The van der Waals surface area contributed by atoms with E-state index in [9.17, 15) is 13.6 Å². The van der Waals surface area contributed by atoms with E-state index >= 15 is 0 Å². The first-order valence-corrected chi connectivity index (χ1v) is 9.94. The van der Waals surface area contributed by atoms with E-state index in [0.717, 1.165) is 16.6 Å². The molecule has 0 aliphatic rings. The third kappa shape index (κ3) is 5.24. The van der Waals surface area contributed by atoms with Crippen LogP contribution in [0.2, 0.25) is 0 Å². The fraction of sp³-hybridized carbons (Fsp3) is 0.182. The maximum Gasteiger partial charge on any atom is 0.271 e. The molecule has 1 unspecified atom stereocenters. The number of halogens is 3. The Morgan fingerprint density at radius 3 is 2.31 bits per heavy atom. The summed E-state index contributed by atoms with van der Waals surface area (Å²) in [4.78, 5) is 20.9. The van der Waals surface area contributed by atoms with Crippen LogP contribution in [-0.4, -0.2) is 32.7 Å². The first kappa shape index (κ1) is 23.2. The monoisotopic (exact) mass is 459 g/mol. The van der Waals surface area contributed by atoms with Crippen molar-refractivity contribution in [1.29, 1.82) is 5.41 Å². The van der Waals surface area contributed by atoms with Gasteiger partial charge in [0.2, 0.25) is 0 Å². The van der Waals surface area contributed by atoms with E-state index in [-0.39, 0.29) is 30.4 Å². The van der Waals surface area contributed by atoms with Gasteiger partial charge in [0.25, 0.3) is 5.91 Å². The zero-order chi connectivity index (χ0) is 23.3. The van der Waals surface area contributed by atoms with Gasteiger partial charge >= 0.3 is 0 Å². The maximum atomic E-state index is 14.9. The molecule has 0 aliphatic carbocycles. The summed E-state index contributed by atoms with van der Waals surface area (Å²) in [5.41, 5.74) is 6.15. The largest absolute Gasteiger partial charge is 0.384 e. The molecule has 166 valence electrons. The van der Waals surface area contributed by atoms with Gasteiger partial charge in [-0.15, -0.1) is 0 Å². The lowest BCUT2D eigenvalue weighted by Gasteiger charge is -2.23. The molecule has 0 saturated carbocycles. The second kappa shape index (κ2) is 10.3. The van der Waals surface area contributed by atoms with Crippen molar-refractivity contribution in [1.82, 2.24) is 14.4 Å². The number of nitrogens with one attached hydrogen (secondary N) is 1. The minimum Gasteiger partial charge on any atom is -0.384 e. The minimum atomic E-state index is -1.58. The Labute approximate surface area is 188 Å². The van der Waals surface area contributed by atoms with Gasteiger partial charge in [0.05, 0.1) is 12.1 Å². The Hall–Kier alpha value is -3.43. The van der Waals surface area contributed by atoms with Crippen LogP contribution >= 0.6 is 11.8 Å². The number of aromatic nitrogens is 2. The van der Waals surface area contributed by atoms with Crippen LogP contribution in [0.3, 0.4) is 0 Å². The molecule has 10 heteroatoms. The minimum absolute atomic E-state index is 0.0247. The predicted octanol–water partition coefficient (Wildman–Crippen LogP) is 3.97. The smallest absolute Gasteiger partial charge is 0.271 e. The summed E-state index contributed by atoms with van der Waals surface area (Å²) in [5.74, 6) is -2.73. The van der Waals surface area contributed by atoms with Gasteiger partial charge in [0.1, 0.15) is 17.5 Å². The molecule has 0 fully saturated rings. The first-order valence-electron chi connectivity index (χ1n) is 9.60. The third-order valence-corrected chi connectivity index (χ3v) is 4.83. The van der Waals surface area contributed by atoms with Gasteiger partial charge in [-0.2, -0.15) is 0 Å². The van der Waals surface area contributed by atoms with Crippen molar-refractivity contribution >= 4 is 23.5 Å². The molecule has 2 aromatic carbocycles. The van der Waals surface area contributed by atoms with Crippen LogP contribution in [0.25, 0.3) is 11.4 Å². The van der Waals surface area contributed by atoms with Gasteiger partial charge in [-0.05, 0) is 30.7 Å². The number of carbonyl (C=O) groups is 1. The van der Waals surface area contributed by atoms with E-state index in [4.69, 9.17) is 27.7 Å². The highest BCUT2D eigenvalue weighted by Crippen LogP contribution is 2.30. The van der Waals surface area contributed by atoms with Crippen LogP contribution in [0, 0.1) is 17.0 Å². The molecule has 1 heterocycles. The van der Waals surface area contributed by atoms with Gasteiger partial charge in [-0.25, -0.2) is 23.2 Å². The Balaban J connectivity index is 1.86. The molecule has 32 heavy (non-hydrogen) atoms. The van der Waals surface area contributed by atoms with E-state index in [1.165, 1.54) is 12.4 Å². The molecule has 0 radical (unpaired) electrons. The van der Waals surface area contributed by atoms with Crippen molar-refractivity contribution in [3.05, 3.63) is 83.2 Å². The SMILES string of the molecule is CCOC(C(=O)N(Cl)Cc1ccc(C(=N)N)cc1)c1c(F)cc(-c2ncccn2)cc1F. The molecule has 1 aromatic heterocycles. The molecule has 1 amide bonds. The number of nitrogens with zero attached hydrogens (tertiary/aromatic N) is 3. The number of amidine groups is 1. The van der Waals surface area contributed by atoms with Crippen molar-refractivity contribution in [2.45, 2.75) is 19.6 Å². The molecule has 0 bridgehead atoms. The Bertz CT molecular complexity index is 1090. The predicted molar refractivity (Wildman–Crippen MR) is 116 cm³/mol. The number of nitrogen functional groups attached to an aromatic ring is 1. The second-order valence-corrected chi connectivity index (χ2v) is 7.14. The number of ether oxygens (including phenoxy) is 1. The van der Waals surface area contributed by atoms with Gasteiger partial charge in [-0.1, -0.05) is 24.3 Å². The number of carbonyl (C=O) groups excluding carboxylic acids is 1. The van der Waals surface area contributed by atoms with Crippen molar-refractivity contribution in [2.75, 3.05) is 6.61 Å². The molecular weight excluding hydrogens is 440 g/mol. The molecular formula is C22H20ClF2N5O2. The van der Waals surface area contributed by atoms with E-state index < -0.39 is 29.2 Å². The highest BCUT2D eigenvalue weighted by atomic mass is 35.5. The Morgan fingerprint density at radius 2 is 1.78 bits per heavy atom. The summed E-state index contributed by atoms with van der Waals surface area (Å²) >= 11 is 6.15. The average Bonchev–Trinajstić information content (AvgIpc) is 2.78. The van der Waals surface area contributed by atoms with Crippen molar-refractivity contribution in [3.63, 3.8) is 0 Å². The molecule has 3 aromatic rings. The Morgan fingerprint density at radius 1 is 1.19 bits per heavy atom. The van der Waals surface area contributed by atoms with E-state index in [1.54, 1.807) is 37.3 Å². The molecule has 1 atom stereocenters. The van der Waals surface area contributed by atoms with E-state index in [2.05, 4.69) is 9.97 Å². The summed E-state index contributed by atoms with van der Waals surface area (Å²) in [5, 5.41) is 7.42. The highest BCUT2D eigenvalue weighted by molar-refractivity contribution is 6.21. The van der Waals surface area contributed by atoms with Crippen LogP contribution in [0.15, 0.2) is 54.9 Å². The molecule has 3 N–H and O–H groups in total. The summed E-state index contributed by atoms with van der Waals surface area (Å²) < 4.78 is 36.0. The number of rotatable bonds is 8. The zero-order valence-electron chi connectivity index (χ0n) is 17.1. The lowest BCUT2D eigenvalue weighted by atomic mass is 10.0. The fourth-order valence-corrected chi connectivity index (χ4v) is 3.24. The van der Waals surface area contributed by atoms with Crippen molar-refractivity contribution in [3.8, 4) is 11.4 Å². The van der Waals surface area contributed by atoms with Crippen LogP contribution in [0.4, 0.5) is 8.78 Å². The van der Waals surface area contributed by atoms with E-state index in [0.29, 0.717) is 11.1 Å². The average molecular weight is 460 g/mol. The van der Waals surface area contributed by atoms with Crippen LogP contribution in [0.1, 0.15) is 29.7 Å². The summed E-state index contributed by atoms with van der Waals surface area (Å²) in [6, 6.07) is 10.2. The zero-order valence-corrected chi connectivity index (χ0v) is 17.8. The van der Waals surface area contributed by atoms with Crippen molar-refractivity contribution < 1.29 is 18.3 Å². The standard InChI is InChI=1S/C22H20ClF2N5O2/c1-2-32-19(22(31)30(23)12-13-4-6-14(7-5-13)20(26)27)18-16(24)10-15(11-17(18)25)21-28-8-3-9-29-21/h3-11,19H,2,12H2,1H3,(H3,26,27). The first-order chi connectivity index (χ1) is 15.3. The van der Waals surface area contributed by atoms with Gasteiger partial charge in [0, 0.05) is 41.9 Å². The second-order valence-electron chi connectivity index (χ2n) is 6.73. The number of nitrogens with two attached hydrogens (primary N) is 1. The molecule has 0 saturated heterocycles. The number of hydrogen-bond acceptors (Lipinski definition) is 5. The lowest BCUT2D eigenvalue weighted by Crippen LogP contribution is -2.30. The normalized spacial score (nSPS) is 11.8. The Kier molecular flexibility index (Phi) is 7.45. The van der Waals surface area contributed by atoms with E-state index in [1.807, 2.05) is 0 Å². The topological polar surface area (TPSA) is 105 Å². The molecule has 0 aliphatic heterocycles. The fourth-order valence-electron chi connectivity index (χ4n) is 3.01. The quantitative estimate of drug-likeness (QED) is 0.301. The van der Waals surface area contributed by atoms with Crippen LogP contribution < -0.4 is 5.73 Å². The van der Waals surface area contributed by atoms with Crippen molar-refractivity contribution in [2.24, 2.45) is 5.73 Å². The van der Waals surface area contributed by atoms with Gasteiger partial charge < -0.3 is 10.5 Å². The maximum absolute atomic E-state index is 14.9.